The lowest BCUT2D eigenvalue weighted by Crippen LogP contribution is -2.49. The number of thiazole rings is 1. The molecule has 0 aliphatic carbocycles. The van der Waals surface area contributed by atoms with E-state index in [2.05, 4.69) is 9.97 Å². The summed E-state index contributed by atoms with van der Waals surface area (Å²) in [5, 5.41) is 5.55. The second-order valence-electron chi connectivity index (χ2n) is 7.31. The summed E-state index contributed by atoms with van der Waals surface area (Å²) in [5.74, 6) is 0. The number of aromatic nitrogens is 2. The number of anilines is 2. The van der Waals surface area contributed by atoms with E-state index in [1.54, 1.807) is 11.8 Å². The zero-order valence-electron chi connectivity index (χ0n) is 17.0. The van der Waals surface area contributed by atoms with E-state index in [4.69, 9.17) is 5.14 Å². The molecule has 3 N–H and O–H groups in total. The molecule has 2 aromatic heterocycles. The van der Waals surface area contributed by atoms with Crippen LogP contribution in [0.1, 0.15) is 17.8 Å². The van der Waals surface area contributed by atoms with Gasteiger partial charge in [0.2, 0.25) is 10.0 Å². The zero-order chi connectivity index (χ0) is 22.3. The van der Waals surface area contributed by atoms with Crippen LogP contribution in [0.15, 0.2) is 45.4 Å². The molecule has 1 saturated heterocycles. The third kappa shape index (κ3) is 4.24. The van der Waals surface area contributed by atoms with E-state index in [1.807, 2.05) is 31.2 Å². The van der Waals surface area contributed by atoms with Crippen molar-refractivity contribution in [3.63, 3.8) is 0 Å². The number of benzene rings is 1. The van der Waals surface area contributed by atoms with Gasteiger partial charge in [-0.3, -0.25) is 14.6 Å². The van der Waals surface area contributed by atoms with Gasteiger partial charge in [-0.2, -0.15) is 0 Å². The molecule has 3 heterocycles. The number of carbonyl (C=O) groups is 1. The highest BCUT2D eigenvalue weighted by Crippen LogP contribution is 2.32. The summed E-state index contributed by atoms with van der Waals surface area (Å²) < 4.78 is 23.4. The van der Waals surface area contributed by atoms with Gasteiger partial charge in [-0.25, -0.2) is 23.3 Å². The number of amides is 2. The van der Waals surface area contributed by atoms with E-state index in [0.717, 1.165) is 22.6 Å². The average Bonchev–Trinajstić information content (AvgIpc) is 3.09. The Kier molecular flexibility index (Phi) is 5.42. The van der Waals surface area contributed by atoms with Gasteiger partial charge in [-0.1, -0.05) is 23.5 Å². The van der Waals surface area contributed by atoms with Crippen molar-refractivity contribution in [1.82, 2.24) is 9.97 Å². The maximum atomic E-state index is 13.1. The molecule has 0 bridgehead atoms. The minimum atomic E-state index is -3.89. The maximum absolute atomic E-state index is 13.1. The molecule has 11 heteroatoms. The first kappa shape index (κ1) is 21.2. The monoisotopic (exact) mass is 459 g/mol. The van der Waals surface area contributed by atoms with Crippen molar-refractivity contribution in [1.29, 1.82) is 0 Å². The summed E-state index contributed by atoms with van der Waals surface area (Å²) in [5.41, 5.74) is 3.22. The molecular formula is C20H21N5O4S2. The predicted octanol–water partition coefficient (Wildman–Crippen LogP) is 2.60. The van der Waals surface area contributed by atoms with E-state index in [0.29, 0.717) is 36.0 Å². The second-order valence-corrected chi connectivity index (χ2v) is 10.0. The third-order valence-electron chi connectivity index (χ3n) is 4.92. The molecule has 31 heavy (non-hydrogen) atoms. The molecule has 1 aliphatic heterocycles. The quantitative estimate of drug-likeness (QED) is 0.619. The highest BCUT2D eigenvalue weighted by atomic mass is 32.2. The number of urea groups is 1. The number of nitrogens with one attached hydrogen (secondary N) is 1. The van der Waals surface area contributed by atoms with Crippen molar-refractivity contribution in [2.75, 3.05) is 22.9 Å². The van der Waals surface area contributed by atoms with Crippen molar-refractivity contribution in [2.45, 2.75) is 24.5 Å². The Labute approximate surface area is 183 Å². The SMILES string of the molecule is Cc1cc(=O)cc(-c2ccc(N3CCCN(c4nc(C)c(S(N)(=O)=O)s4)C3=O)cc2)[nH]1. The van der Waals surface area contributed by atoms with Gasteiger partial charge in [0.1, 0.15) is 0 Å². The van der Waals surface area contributed by atoms with Gasteiger partial charge in [0.15, 0.2) is 14.8 Å². The Hall–Kier alpha value is -3.02. The summed E-state index contributed by atoms with van der Waals surface area (Å²) in [7, 11) is -3.89. The van der Waals surface area contributed by atoms with Crippen LogP contribution in [-0.4, -0.2) is 37.5 Å². The molecule has 0 radical (unpaired) electrons. The van der Waals surface area contributed by atoms with Gasteiger partial charge < -0.3 is 4.98 Å². The summed E-state index contributed by atoms with van der Waals surface area (Å²) in [6, 6.07) is 10.1. The molecule has 0 unspecified atom stereocenters. The van der Waals surface area contributed by atoms with Crippen molar-refractivity contribution >= 4 is 38.2 Å². The van der Waals surface area contributed by atoms with Gasteiger partial charge in [0.25, 0.3) is 0 Å². The van der Waals surface area contributed by atoms with Crippen molar-refractivity contribution in [3.05, 3.63) is 58.0 Å². The molecule has 4 rings (SSSR count). The lowest BCUT2D eigenvalue weighted by molar-refractivity contribution is 0.248. The van der Waals surface area contributed by atoms with Crippen molar-refractivity contribution in [3.8, 4) is 11.3 Å². The molecule has 1 aliphatic rings. The molecule has 1 fully saturated rings. The van der Waals surface area contributed by atoms with Crippen LogP contribution in [0, 0.1) is 13.8 Å². The molecular weight excluding hydrogens is 438 g/mol. The Morgan fingerprint density at radius 3 is 2.35 bits per heavy atom. The number of nitrogens with zero attached hydrogens (tertiary/aromatic N) is 3. The number of hydrogen-bond donors (Lipinski definition) is 2. The minimum absolute atomic E-state index is 0.0380. The summed E-state index contributed by atoms with van der Waals surface area (Å²) in [6.07, 6.45) is 0.696. The van der Waals surface area contributed by atoms with Crippen molar-refractivity contribution < 1.29 is 13.2 Å². The van der Waals surface area contributed by atoms with Crippen LogP contribution in [0.2, 0.25) is 0 Å². The molecule has 3 aromatic rings. The second kappa shape index (κ2) is 7.91. The Morgan fingerprint density at radius 1 is 1.06 bits per heavy atom. The molecule has 2 amide bonds. The molecule has 0 saturated carbocycles. The van der Waals surface area contributed by atoms with E-state index in [1.165, 1.54) is 17.0 Å². The molecule has 0 atom stereocenters. The van der Waals surface area contributed by atoms with Crippen LogP contribution in [0.3, 0.4) is 0 Å². The Morgan fingerprint density at radius 2 is 1.74 bits per heavy atom. The van der Waals surface area contributed by atoms with Gasteiger partial charge >= 0.3 is 6.03 Å². The molecule has 0 spiro atoms. The number of rotatable bonds is 4. The zero-order valence-corrected chi connectivity index (χ0v) is 18.6. The molecule has 162 valence electrons. The molecule has 1 aromatic carbocycles. The van der Waals surface area contributed by atoms with Gasteiger partial charge in [0.05, 0.1) is 5.69 Å². The lowest BCUT2D eigenvalue weighted by atomic mass is 10.1. The number of pyridine rings is 1. The normalized spacial score (nSPS) is 14.9. The first-order valence-electron chi connectivity index (χ1n) is 9.54. The van der Waals surface area contributed by atoms with Crippen LogP contribution in [0.5, 0.6) is 0 Å². The number of aryl methyl sites for hydroxylation is 2. The number of hydrogen-bond acceptors (Lipinski definition) is 6. The number of nitrogens with two attached hydrogens (primary N) is 1. The fourth-order valence-electron chi connectivity index (χ4n) is 3.55. The fraction of sp³-hybridized carbons (Fsp3) is 0.250. The van der Waals surface area contributed by atoms with Crippen molar-refractivity contribution in [2.24, 2.45) is 5.14 Å². The minimum Gasteiger partial charge on any atom is -0.358 e. The molecule has 9 nitrogen and oxygen atoms in total. The first-order valence-corrected chi connectivity index (χ1v) is 11.9. The van der Waals surface area contributed by atoms with E-state index < -0.39 is 10.0 Å². The number of carbonyl (C=O) groups excluding carboxylic acids is 1. The third-order valence-corrected chi connectivity index (χ3v) is 7.66. The van der Waals surface area contributed by atoms with Crippen LogP contribution in [0.4, 0.5) is 15.6 Å². The first-order chi connectivity index (χ1) is 14.6. The summed E-state index contributed by atoms with van der Waals surface area (Å²) in [6.45, 7) is 4.35. The van der Waals surface area contributed by atoms with Crippen LogP contribution in [-0.2, 0) is 10.0 Å². The smallest absolute Gasteiger partial charge is 0.330 e. The summed E-state index contributed by atoms with van der Waals surface area (Å²) >= 11 is 0.897. The standard InChI is InChI=1S/C20H21N5O4S2/c1-12-10-16(26)11-17(22-12)14-4-6-15(7-5-14)24-8-3-9-25(20(24)27)19-23-13(2)18(30-19)31(21,28)29/h4-7,10-11H,3,8-9H2,1-2H3,(H,22,26)(H2,21,28,29). The number of aromatic amines is 1. The predicted molar refractivity (Wildman–Crippen MR) is 120 cm³/mol. The topological polar surface area (TPSA) is 129 Å². The van der Waals surface area contributed by atoms with Crippen LogP contribution >= 0.6 is 11.3 Å². The van der Waals surface area contributed by atoms with Gasteiger partial charge in [-0.15, -0.1) is 0 Å². The number of H-pyrrole nitrogens is 1. The van der Waals surface area contributed by atoms with Gasteiger partial charge in [0, 0.05) is 42.3 Å². The van der Waals surface area contributed by atoms with E-state index >= 15 is 0 Å². The summed E-state index contributed by atoms with van der Waals surface area (Å²) in [4.78, 5) is 35.4. The largest absolute Gasteiger partial charge is 0.358 e. The number of sulfonamides is 1. The highest BCUT2D eigenvalue weighted by molar-refractivity contribution is 7.91. The van der Waals surface area contributed by atoms with E-state index in [9.17, 15) is 18.0 Å². The highest BCUT2D eigenvalue weighted by Gasteiger charge is 2.31. The Bertz CT molecular complexity index is 1310. The fourth-order valence-corrected chi connectivity index (χ4v) is 5.51. The Balaban J connectivity index is 1.60. The number of primary sulfonamides is 1. The maximum Gasteiger partial charge on any atom is 0.330 e. The van der Waals surface area contributed by atoms with E-state index in [-0.39, 0.29) is 21.4 Å². The average molecular weight is 460 g/mol. The van der Waals surface area contributed by atoms with Gasteiger partial charge in [-0.05, 0) is 38.0 Å². The van der Waals surface area contributed by atoms with Crippen LogP contribution in [0.25, 0.3) is 11.3 Å². The van der Waals surface area contributed by atoms with Crippen LogP contribution < -0.4 is 20.4 Å². The lowest BCUT2D eigenvalue weighted by Gasteiger charge is -2.34.